The van der Waals surface area contributed by atoms with E-state index in [0.717, 1.165) is 61.5 Å². The first-order valence-corrected chi connectivity index (χ1v) is 16.1. The number of β-lactam (4-membered cyclic amide) rings is 1. The second kappa shape index (κ2) is 11.0. The number of amides is 3. The largest absolute Gasteiger partial charge is 0.476 e. The number of urea groups is 1. The standard InChI is InChI=1S/C28H38N2O3SSi/c1-4-35(5-2,6-3)33-26-25(22-16-10-7-11-17-22)29(27(26)31)28(32)30(34,23-18-12-8-13-19-23)24-20-14-9-15-21-24/h7-8,10-13,16-19,24-26H,4-6,9,14-15,20-21H2,1-3H3/t25-,26+,30?/m0/s1. The van der Waals surface area contributed by atoms with Gasteiger partial charge in [0, 0.05) is 0 Å². The molecule has 1 aliphatic heterocycles. The highest BCUT2D eigenvalue weighted by molar-refractivity contribution is 7.59. The topological polar surface area (TPSA) is 46.6 Å². The zero-order valence-electron chi connectivity index (χ0n) is 21.2. The predicted molar refractivity (Wildman–Crippen MR) is 146 cm³/mol. The highest BCUT2D eigenvalue weighted by Gasteiger charge is 2.59. The summed E-state index contributed by atoms with van der Waals surface area (Å²) in [6.45, 7) is 6.48. The molecule has 1 aliphatic carbocycles. The van der Waals surface area contributed by atoms with E-state index in [1.165, 1.54) is 4.90 Å². The lowest BCUT2D eigenvalue weighted by Crippen LogP contribution is -2.71. The van der Waals surface area contributed by atoms with Crippen molar-refractivity contribution in [2.24, 2.45) is 0 Å². The second-order valence-electron chi connectivity index (χ2n) is 9.91. The first-order valence-electron chi connectivity index (χ1n) is 13.2. The summed E-state index contributed by atoms with van der Waals surface area (Å²) >= 11 is 6.22. The number of hydrogen-bond donors (Lipinski definition) is 0. The van der Waals surface area contributed by atoms with E-state index in [1.807, 2.05) is 60.7 Å². The van der Waals surface area contributed by atoms with Crippen LogP contribution in [0.3, 0.4) is 0 Å². The van der Waals surface area contributed by atoms with Crippen molar-refractivity contribution in [2.75, 3.05) is 0 Å². The van der Waals surface area contributed by atoms with E-state index in [-0.39, 0.29) is 21.9 Å². The Hall–Kier alpha value is -1.93. The maximum atomic E-state index is 14.4. The maximum absolute atomic E-state index is 14.4. The van der Waals surface area contributed by atoms with Gasteiger partial charge in [-0.2, -0.15) is 0 Å². The Balaban J connectivity index is 1.74. The number of rotatable bonds is 8. The van der Waals surface area contributed by atoms with Crippen LogP contribution in [0.1, 0.15) is 64.5 Å². The van der Waals surface area contributed by atoms with Gasteiger partial charge >= 0.3 is 6.03 Å². The number of quaternary nitrogens is 1. The van der Waals surface area contributed by atoms with Crippen molar-refractivity contribution in [3.8, 4) is 0 Å². The van der Waals surface area contributed by atoms with Gasteiger partial charge in [-0.15, -0.1) is 0 Å². The zero-order valence-corrected chi connectivity index (χ0v) is 23.0. The van der Waals surface area contributed by atoms with E-state index < -0.39 is 20.5 Å². The van der Waals surface area contributed by atoms with Gasteiger partial charge in [0.25, 0.3) is 5.91 Å². The number of imide groups is 1. The molecule has 2 aromatic rings. The highest BCUT2D eigenvalue weighted by atomic mass is 32.1. The number of hydrogen-bond acceptors (Lipinski definition) is 4. The molecule has 0 aromatic heterocycles. The molecule has 3 atom stereocenters. The fraction of sp³-hybridized carbons (Fsp3) is 0.500. The molecule has 4 rings (SSSR count). The number of benzene rings is 2. The summed E-state index contributed by atoms with van der Waals surface area (Å²) in [5, 5.41) is 0. The van der Waals surface area contributed by atoms with Crippen molar-refractivity contribution < 1.29 is 14.0 Å². The molecular weight excluding hydrogens is 472 g/mol. The van der Waals surface area contributed by atoms with Crippen molar-refractivity contribution in [1.29, 1.82) is 0 Å². The quantitative estimate of drug-likeness (QED) is 0.168. The highest BCUT2D eigenvalue weighted by Crippen LogP contribution is 2.44. The molecule has 0 radical (unpaired) electrons. The number of nitrogens with zero attached hydrogens (tertiary/aromatic N) is 2. The molecule has 2 aromatic carbocycles. The monoisotopic (exact) mass is 510 g/mol. The van der Waals surface area contributed by atoms with E-state index in [1.54, 1.807) is 0 Å². The summed E-state index contributed by atoms with van der Waals surface area (Å²) in [5.41, 5.74) is 1.69. The average molecular weight is 511 g/mol. The molecule has 3 amide bonds. The van der Waals surface area contributed by atoms with Crippen molar-refractivity contribution in [2.45, 2.75) is 89.2 Å². The van der Waals surface area contributed by atoms with E-state index in [9.17, 15) is 9.59 Å². The Morgan fingerprint density at radius 2 is 1.49 bits per heavy atom. The first kappa shape index (κ1) is 26.1. The van der Waals surface area contributed by atoms with E-state index in [4.69, 9.17) is 17.2 Å². The fourth-order valence-corrected chi connectivity index (χ4v) is 8.95. The zero-order chi connectivity index (χ0) is 25.1. The van der Waals surface area contributed by atoms with Crippen LogP contribution in [0.4, 0.5) is 10.5 Å². The van der Waals surface area contributed by atoms with E-state index >= 15 is 0 Å². The molecule has 1 unspecified atom stereocenters. The molecular formula is C28H38N2O3SSi. The summed E-state index contributed by atoms with van der Waals surface area (Å²) in [5.74, 6) is -0.241. The van der Waals surface area contributed by atoms with Crippen molar-refractivity contribution in [3.63, 3.8) is 0 Å². The van der Waals surface area contributed by atoms with Gasteiger partial charge in [-0.1, -0.05) is 75.7 Å². The van der Waals surface area contributed by atoms with Crippen LogP contribution in [-0.2, 0) is 22.0 Å². The van der Waals surface area contributed by atoms with Gasteiger partial charge < -0.3 is 21.1 Å². The van der Waals surface area contributed by atoms with E-state index in [2.05, 4.69) is 20.8 Å². The molecule has 35 heavy (non-hydrogen) atoms. The normalized spacial score (nSPS) is 23.0. The summed E-state index contributed by atoms with van der Waals surface area (Å²) in [6.07, 6.45) is 4.43. The van der Waals surface area contributed by atoms with Crippen molar-refractivity contribution >= 4 is 38.8 Å². The van der Waals surface area contributed by atoms with Crippen LogP contribution in [0.5, 0.6) is 0 Å². The Morgan fingerprint density at radius 1 is 0.943 bits per heavy atom. The number of para-hydroxylation sites is 1. The first-order chi connectivity index (χ1) is 16.9. The lowest BCUT2D eigenvalue weighted by Gasteiger charge is -2.55. The molecule has 188 valence electrons. The molecule has 2 aliphatic rings. The van der Waals surface area contributed by atoms with Crippen LogP contribution in [0, 0.1) is 0 Å². The molecule has 0 N–H and O–H groups in total. The van der Waals surface area contributed by atoms with Gasteiger partial charge in [-0.05, 0) is 61.5 Å². The summed E-state index contributed by atoms with van der Waals surface area (Å²) in [4.78, 5) is 29.5. The van der Waals surface area contributed by atoms with Gasteiger partial charge in [0.2, 0.25) is 0 Å². The van der Waals surface area contributed by atoms with Crippen LogP contribution in [0.15, 0.2) is 60.7 Å². The van der Waals surface area contributed by atoms with Crippen molar-refractivity contribution in [1.82, 2.24) is 8.79 Å². The smallest absolute Gasteiger partial charge is 0.413 e. The molecule has 0 spiro atoms. The van der Waals surface area contributed by atoms with Crippen LogP contribution < -0.4 is 3.89 Å². The summed E-state index contributed by atoms with van der Waals surface area (Å²) in [7, 11) is -2.06. The molecule has 5 nitrogen and oxygen atoms in total. The average Bonchev–Trinajstić information content (AvgIpc) is 2.93. The van der Waals surface area contributed by atoms with Crippen LogP contribution in [0.25, 0.3) is 0 Å². The Kier molecular flexibility index (Phi) is 8.21. The third-order valence-electron chi connectivity index (χ3n) is 8.22. The van der Waals surface area contributed by atoms with Gasteiger partial charge in [-0.3, -0.25) is 4.79 Å². The molecule has 7 heteroatoms. The maximum Gasteiger partial charge on any atom is 0.413 e. The Labute approximate surface area is 216 Å². The third-order valence-corrected chi connectivity index (χ3v) is 13.5. The summed E-state index contributed by atoms with van der Waals surface area (Å²) < 4.78 is 6.42. The number of carbonyl (C=O) groups excluding carboxylic acids is 2. The predicted octanol–water partition coefficient (Wildman–Crippen LogP) is 6.88. The van der Waals surface area contributed by atoms with Crippen LogP contribution >= 0.6 is 0 Å². The van der Waals surface area contributed by atoms with Gasteiger partial charge in [0.05, 0.1) is 6.04 Å². The molecule has 1 saturated carbocycles. The van der Waals surface area contributed by atoms with Crippen molar-refractivity contribution in [3.05, 3.63) is 66.2 Å². The number of likely N-dealkylation sites (tertiary alicyclic amines) is 1. The summed E-state index contributed by atoms with van der Waals surface area (Å²) in [6, 6.07) is 21.6. The second-order valence-corrected chi connectivity index (χ2v) is 15.2. The van der Waals surface area contributed by atoms with Gasteiger partial charge in [0.15, 0.2) is 14.4 Å². The molecule has 1 heterocycles. The lowest BCUT2D eigenvalue weighted by molar-refractivity contribution is -0.158. The Bertz CT molecular complexity index is 1000. The minimum Gasteiger partial charge on any atom is -0.476 e. The van der Waals surface area contributed by atoms with Crippen LogP contribution in [-0.4, -0.2) is 37.3 Å². The minimum atomic E-state index is -2.06. The minimum absolute atomic E-state index is 0.0202. The third kappa shape index (κ3) is 4.76. The van der Waals surface area contributed by atoms with E-state index in [0.29, 0.717) is 0 Å². The van der Waals surface area contributed by atoms with Gasteiger partial charge in [0.1, 0.15) is 11.7 Å². The number of carbonyl (C=O) groups is 2. The van der Waals surface area contributed by atoms with Gasteiger partial charge in [-0.25, -0.2) is 9.69 Å². The Morgan fingerprint density at radius 3 is 2.03 bits per heavy atom. The molecule has 0 bridgehead atoms. The lowest BCUT2D eigenvalue weighted by atomic mass is 9.90. The molecule has 1 saturated heterocycles. The van der Waals surface area contributed by atoms with Crippen LogP contribution in [0.2, 0.25) is 18.1 Å². The SMILES string of the molecule is CC[Si](CC)(CC)O[C@H]1C(=O)N(C(=O)[N+]([S-])(c2ccccc2)C2CCCCC2)[C@H]1c1ccccc1. The molecule has 2 fully saturated rings. The fourth-order valence-electron chi connectivity index (χ4n) is 5.77.